The largest absolute Gasteiger partial charge is 0.496 e. The van der Waals surface area contributed by atoms with Crippen LogP contribution < -0.4 is 15.8 Å². The lowest BCUT2D eigenvalue weighted by Crippen LogP contribution is -2.31. The molecule has 1 aromatic carbocycles. The van der Waals surface area contributed by atoms with Crippen molar-refractivity contribution >= 4 is 17.5 Å². The minimum atomic E-state index is -0.616. The van der Waals surface area contributed by atoms with Crippen molar-refractivity contribution < 1.29 is 18.8 Å². The first kappa shape index (κ1) is 20.7. The number of rotatable bonds is 6. The molecule has 1 unspecified atom stereocenters. The van der Waals surface area contributed by atoms with Gasteiger partial charge in [0.1, 0.15) is 23.6 Å². The van der Waals surface area contributed by atoms with Gasteiger partial charge in [0.2, 0.25) is 0 Å². The summed E-state index contributed by atoms with van der Waals surface area (Å²) in [5.41, 5.74) is 10.1. The summed E-state index contributed by atoms with van der Waals surface area (Å²) in [6.45, 7) is 9.72. The Morgan fingerprint density at radius 3 is 2.66 bits per heavy atom. The second-order valence-electron chi connectivity index (χ2n) is 7.37. The Hall–Kier alpha value is -3.03. The third-order valence-corrected chi connectivity index (χ3v) is 5.05. The number of ether oxygens (including phenoxy) is 2. The van der Waals surface area contributed by atoms with Crippen molar-refractivity contribution in [3.8, 4) is 16.9 Å². The number of carbonyl (C=O) groups is 1. The van der Waals surface area contributed by atoms with Gasteiger partial charge in [-0.25, -0.2) is 4.99 Å². The van der Waals surface area contributed by atoms with Crippen molar-refractivity contribution in [2.45, 2.75) is 46.7 Å². The standard InChI is InChI=1S/C21H28N4O4/c1-7-28-21(26)18-13-9-16(27-6)14(17-11(4)25-29-12(17)5)8-15(13)23-20(18)24-19(22)10(2)3/h8-10,18,20,23H,7H2,1-6H3,(H2,22,24)/t18-,20?/m1/s1. The number of nitrogens with one attached hydrogen (secondary N) is 1. The molecule has 8 nitrogen and oxygen atoms in total. The van der Waals surface area contributed by atoms with E-state index in [1.165, 1.54) is 0 Å². The zero-order valence-electron chi connectivity index (χ0n) is 17.7. The van der Waals surface area contributed by atoms with Gasteiger partial charge in [0.15, 0.2) is 0 Å². The van der Waals surface area contributed by atoms with Crippen LogP contribution in [0.1, 0.15) is 43.7 Å². The maximum atomic E-state index is 12.8. The second kappa shape index (κ2) is 8.14. The van der Waals surface area contributed by atoms with E-state index >= 15 is 0 Å². The summed E-state index contributed by atoms with van der Waals surface area (Å²) in [5.74, 6) is 0.888. The minimum Gasteiger partial charge on any atom is -0.496 e. The Kier molecular flexibility index (Phi) is 5.81. The number of aliphatic imine (C=N–C) groups is 1. The van der Waals surface area contributed by atoms with Crippen molar-refractivity contribution in [3.05, 3.63) is 29.2 Å². The fourth-order valence-corrected chi connectivity index (χ4v) is 3.53. The van der Waals surface area contributed by atoms with Crippen LogP contribution in [0.3, 0.4) is 0 Å². The zero-order chi connectivity index (χ0) is 21.3. The van der Waals surface area contributed by atoms with Gasteiger partial charge < -0.3 is 25.0 Å². The van der Waals surface area contributed by atoms with Crippen LogP contribution in [0.4, 0.5) is 5.69 Å². The Morgan fingerprint density at radius 1 is 1.38 bits per heavy atom. The molecule has 0 spiro atoms. The number of hydrogen-bond donors (Lipinski definition) is 2. The van der Waals surface area contributed by atoms with E-state index in [1.807, 2.05) is 39.8 Å². The average molecular weight is 400 g/mol. The number of nitrogens with zero attached hydrogens (tertiary/aromatic N) is 2. The quantitative estimate of drug-likeness (QED) is 0.434. The van der Waals surface area contributed by atoms with Crippen molar-refractivity contribution in [1.29, 1.82) is 0 Å². The van der Waals surface area contributed by atoms with Gasteiger partial charge in [-0.05, 0) is 38.5 Å². The number of hydrogen-bond acceptors (Lipinski definition) is 7. The summed E-state index contributed by atoms with van der Waals surface area (Å²) in [7, 11) is 1.59. The molecule has 2 heterocycles. The highest BCUT2D eigenvalue weighted by Gasteiger charge is 2.40. The smallest absolute Gasteiger partial charge is 0.317 e. The van der Waals surface area contributed by atoms with E-state index in [-0.39, 0.29) is 18.5 Å². The van der Waals surface area contributed by atoms with Gasteiger partial charge in [0.25, 0.3) is 0 Å². The molecule has 1 aromatic heterocycles. The molecule has 0 aliphatic carbocycles. The highest BCUT2D eigenvalue weighted by atomic mass is 16.5. The summed E-state index contributed by atoms with van der Waals surface area (Å²) in [4.78, 5) is 17.3. The lowest BCUT2D eigenvalue weighted by molar-refractivity contribution is -0.145. The van der Waals surface area contributed by atoms with Crippen LogP contribution in [-0.4, -0.2) is 36.8 Å². The van der Waals surface area contributed by atoms with Crippen LogP contribution in [0.2, 0.25) is 0 Å². The van der Waals surface area contributed by atoms with Gasteiger partial charge in [-0.2, -0.15) is 0 Å². The third-order valence-electron chi connectivity index (χ3n) is 5.05. The van der Waals surface area contributed by atoms with Gasteiger partial charge in [0.05, 0.1) is 30.8 Å². The number of carbonyl (C=O) groups excluding carboxylic acids is 1. The van der Waals surface area contributed by atoms with Crippen molar-refractivity contribution in [2.24, 2.45) is 16.6 Å². The normalized spacial score (nSPS) is 18.5. The van der Waals surface area contributed by atoms with Crippen LogP contribution in [0.15, 0.2) is 21.6 Å². The van der Waals surface area contributed by atoms with Gasteiger partial charge in [-0.15, -0.1) is 0 Å². The average Bonchev–Trinajstić information content (AvgIpc) is 3.19. The maximum Gasteiger partial charge on any atom is 0.317 e. The number of amidine groups is 1. The molecular formula is C21H28N4O4. The number of nitrogens with two attached hydrogens (primary N) is 1. The lowest BCUT2D eigenvalue weighted by Gasteiger charge is -2.17. The number of esters is 1. The number of fused-ring (bicyclic) bond motifs is 1. The Labute approximate surface area is 170 Å². The van der Waals surface area contributed by atoms with E-state index in [0.717, 1.165) is 28.1 Å². The van der Waals surface area contributed by atoms with E-state index in [2.05, 4.69) is 15.5 Å². The first-order valence-electron chi connectivity index (χ1n) is 9.69. The van der Waals surface area contributed by atoms with E-state index < -0.39 is 12.1 Å². The topological polar surface area (TPSA) is 112 Å². The Morgan fingerprint density at radius 2 is 2.10 bits per heavy atom. The van der Waals surface area contributed by atoms with Crippen molar-refractivity contribution in [2.75, 3.05) is 19.0 Å². The number of anilines is 1. The van der Waals surface area contributed by atoms with E-state index in [4.69, 9.17) is 19.7 Å². The SMILES string of the molecule is CCOC(=O)[C@@H]1c2cc(OC)c(-c3c(C)noc3C)cc2NC1N=C(N)C(C)C. The molecule has 0 amide bonds. The number of benzene rings is 1. The molecule has 0 saturated carbocycles. The summed E-state index contributed by atoms with van der Waals surface area (Å²) >= 11 is 0. The first-order valence-corrected chi connectivity index (χ1v) is 9.69. The molecule has 1 aliphatic heterocycles. The summed E-state index contributed by atoms with van der Waals surface area (Å²) in [6.07, 6.45) is -0.545. The molecule has 2 atom stereocenters. The molecular weight excluding hydrogens is 372 g/mol. The van der Waals surface area contributed by atoms with E-state index in [0.29, 0.717) is 17.3 Å². The zero-order valence-corrected chi connectivity index (χ0v) is 17.7. The molecule has 0 saturated heterocycles. The van der Waals surface area contributed by atoms with Crippen molar-refractivity contribution in [3.63, 3.8) is 0 Å². The van der Waals surface area contributed by atoms with Crippen LogP contribution in [-0.2, 0) is 9.53 Å². The van der Waals surface area contributed by atoms with Gasteiger partial charge in [0, 0.05) is 17.2 Å². The molecule has 8 heteroatoms. The number of aromatic nitrogens is 1. The maximum absolute atomic E-state index is 12.8. The summed E-state index contributed by atoms with van der Waals surface area (Å²) in [5, 5.41) is 7.37. The molecule has 29 heavy (non-hydrogen) atoms. The predicted molar refractivity (Wildman–Crippen MR) is 111 cm³/mol. The van der Waals surface area contributed by atoms with Crippen LogP contribution in [0, 0.1) is 19.8 Å². The molecule has 0 fully saturated rings. The third kappa shape index (κ3) is 3.79. The molecule has 3 rings (SSSR count). The van der Waals surface area contributed by atoms with E-state index in [1.54, 1.807) is 14.0 Å². The van der Waals surface area contributed by atoms with Crippen LogP contribution in [0.5, 0.6) is 5.75 Å². The van der Waals surface area contributed by atoms with E-state index in [9.17, 15) is 4.79 Å². The Bertz CT molecular complexity index is 929. The second-order valence-corrected chi connectivity index (χ2v) is 7.37. The highest BCUT2D eigenvalue weighted by molar-refractivity contribution is 5.90. The Balaban J connectivity index is 2.14. The number of aryl methyl sites for hydroxylation is 2. The molecule has 0 bridgehead atoms. The van der Waals surface area contributed by atoms with Crippen LogP contribution in [0.25, 0.3) is 11.1 Å². The van der Waals surface area contributed by atoms with Crippen molar-refractivity contribution in [1.82, 2.24) is 5.16 Å². The molecule has 3 N–H and O–H groups in total. The van der Waals surface area contributed by atoms with Gasteiger partial charge in [-0.3, -0.25) is 4.79 Å². The molecule has 2 aromatic rings. The molecule has 0 radical (unpaired) electrons. The highest BCUT2D eigenvalue weighted by Crippen LogP contribution is 2.45. The minimum absolute atomic E-state index is 0.0655. The predicted octanol–water partition coefficient (Wildman–Crippen LogP) is 3.38. The lowest BCUT2D eigenvalue weighted by atomic mass is 9.94. The molecule has 156 valence electrons. The summed E-state index contributed by atoms with van der Waals surface area (Å²) < 4.78 is 16.3. The number of methoxy groups -OCH3 is 1. The monoisotopic (exact) mass is 400 g/mol. The molecule has 1 aliphatic rings. The van der Waals surface area contributed by atoms with Crippen LogP contribution >= 0.6 is 0 Å². The van der Waals surface area contributed by atoms with Gasteiger partial charge in [-0.1, -0.05) is 19.0 Å². The first-order chi connectivity index (χ1) is 13.8. The fraction of sp³-hybridized carbons (Fsp3) is 0.476. The fourth-order valence-electron chi connectivity index (χ4n) is 3.53. The summed E-state index contributed by atoms with van der Waals surface area (Å²) in [6, 6.07) is 3.79. The van der Waals surface area contributed by atoms with Gasteiger partial charge >= 0.3 is 5.97 Å².